The fourth-order valence-corrected chi connectivity index (χ4v) is 2.52. The van der Waals surface area contributed by atoms with E-state index in [0.717, 1.165) is 11.4 Å². The van der Waals surface area contributed by atoms with Gasteiger partial charge in [0.05, 0.1) is 11.4 Å². The molecule has 0 atom stereocenters. The molecule has 0 saturated heterocycles. The predicted molar refractivity (Wildman–Crippen MR) is 73.2 cm³/mol. The van der Waals surface area contributed by atoms with Gasteiger partial charge in [-0.15, -0.1) is 0 Å². The molecular formula is C12H12BrClN2O. The van der Waals surface area contributed by atoms with Crippen LogP contribution in [-0.4, -0.2) is 9.78 Å². The van der Waals surface area contributed by atoms with E-state index >= 15 is 0 Å². The standard InChI is InChI=1S/C12H12BrClN2O/c1-7(2)11-10(13)12(17)16(15-11)9-5-3-4-8(14)6-9/h3-7,15H,1-2H3. The van der Waals surface area contributed by atoms with E-state index in [2.05, 4.69) is 21.0 Å². The summed E-state index contributed by atoms with van der Waals surface area (Å²) >= 11 is 9.24. The van der Waals surface area contributed by atoms with Crippen molar-refractivity contribution in [3.05, 3.63) is 49.8 Å². The molecule has 90 valence electrons. The van der Waals surface area contributed by atoms with E-state index in [1.54, 1.807) is 12.1 Å². The summed E-state index contributed by atoms with van der Waals surface area (Å²) in [5, 5.41) is 3.69. The fraction of sp³-hybridized carbons (Fsp3) is 0.250. The lowest BCUT2D eigenvalue weighted by Gasteiger charge is -2.03. The topological polar surface area (TPSA) is 37.8 Å². The van der Waals surface area contributed by atoms with Crippen molar-refractivity contribution in [2.24, 2.45) is 0 Å². The zero-order valence-electron chi connectivity index (χ0n) is 9.50. The van der Waals surface area contributed by atoms with Crippen LogP contribution in [0.5, 0.6) is 0 Å². The van der Waals surface area contributed by atoms with Gasteiger partial charge in [-0.05, 0) is 40.0 Å². The van der Waals surface area contributed by atoms with Crippen molar-refractivity contribution >= 4 is 27.5 Å². The normalized spacial score (nSPS) is 11.1. The van der Waals surface area contributed by atoms with Crippen LogP contribution in [0.4, 0.5) is 0 Å². The zero-order chi connectivity index (χ0) is 12.6. The number of hydrogen-bond donors (Lipinski definition) is 1. The molecule has 5 heteroatoms. The van der Waals surface area contributed by atoms with Gasteiger partial charge in [0.25, 0.3) is 5.56 Å². The third-order valence-corrected chi connectivity index (χ3v) is 3.50. The summed E-state index contributed by atoms with van der Waals surface area (Å²) in [6.07, 6.45) is 0. The lowest BCUT2D eigenvalue weighted by atomic mass is 10.1. The molecular weight excluding hydrogens is 304 g/mol. The number of nitrogens with zero attached hydrogens (tertiary/aromatic N) is 1. The van der Waals surface area contributed by atoms with Crippen LogP contribution in [0, 0.1) is 0 Å². The maximum Gasteiger partial charge on any atom is 0.285 e. The first-order valence-electron chi connectivity index (χ1n) is 5.27. The molecule has 2 aromatic rings. The summed E-state index contributed by atoms with van der Waals surface area (Å²) < 4.78 is 2.07. The quantitative estimate of drug-likeness (QED) is 0.901. The van der Waals surface area contributed by atoms with Crippen LogP contribution in [0.25, 0.3) is 5.69 Å². The van der Waals surface area contributed by atoms with Gasteiger partial charge >= 0.3 is 0 Å². The van der Waals surface area contributed by atoms with E-state index in [1.165, 1.54) is 4.68 Å². The number of H-pyrrole nitrogens is 1. The molecule has 0 aliphatic carbocycles. The Labute approximate surface area is 113 Å². The SMILES string of the molecule is CC(C)c1[nH]n(-c2cccc(Cl)c2)c(=O)c1Br. The van der Waals surface area contributed by atoms with Crippen molar-refractivity contribution in [2.45, 2.75) is 19.8 Å². The van der Waals surface area contributed by atoms with Crippen LogP contribution < -0.4 is 5.56 Å². The molecule has 0 fully saturated rings. The lowest BCUT2D eigenvalue weighted by Crippen LogP contribution is -2.14. The molecule has 0 amide bonds. The number of benzene rings is 1. The summed E-state index contributed by atoms with van der Waals surface area (Å²) in [5.74, 6) is 0.248. The second-order valence-electron chi connectivity index (χ2n) is 4.11. The van der Waals surface area contributed by atoms with Crippen molar-refractivity contribution < 1.29 is 0 Å². The Morgan fingerprint density at radius 3 is 2.65 bits per heavy atom. The first-order chi connectivity index (χ1) is 8.00. The first-order valence-corrected chi connectivity index (χ1v) is 6.44. The van der Waals surface area contributed by atoms with Crippen LogP contribution in [0.15, 0.2) is 33.5 Å². The zero-order valence-corrected chi connectivity index (χ0v) is 11.8. The van der Waals surface area contributed by atoms with E-state index in [0.29, 0.717) is 9.50 Å². The van der Waals surface area contributed by atoms with Gasteiger partial charge < -0.3 is 0 Å². The summed E-state index contributed by atoms with van der Waals surface area (Å²) in [7, 11) is 0. The largest absolute Gasteiger partial charge is 0.294 e. The van der Waals surface area contributed by atoms with E-state index < -0.39 is 0 Å². The van der Waals surface area contributed by atoms with Crippen molar-refractivity contribution in [3.63, 3.8) is 0 Å². The van der Waals surface area contributed by atoms with Gasteiger partial charge in [-0.25, -0.2) is 4.68 Å². The minimum atomic E-state index is -0.101. The predicted octanol–water partition coefficient (Wildman–Crippen LogP) is 3.70. The van der Waals surface area contributed by atoms with Crippen LogP contribution >= 0.6 is 27.5 Å². The highest BCUT2D eigenvalue weighted by Gasteiger charge is 2.15. The third kappa shape index (κ3) is 2.33. The van der Waals surface area contributed by atoms with E-state index in [4.69, 9.17) is 11.6 Å². The number of nitrogens with one attached hydrogen (secondary N) is 1. The molecule has 0 bridgehead atoms. The molecule has 1 aromatic carbocycles. The Morgan fingerprint density at radius 2 is 2.12 bits per heavy atom. The second-order valence-corrected chi connectivity index (χ2v) is 5.34. The average molecular weight is 316 g/mol. The molecule has 3 nitrogen and oxygen atoms in total. The molecule has 2 rings (SSSR count). The van der Waals surface area contributed by atoms with Crippen molar-refractivity contribution in [1.82, 2.24) is 9.78 Å². The molecule has 17 heavy (non-hydrogen) atoms. The molecule has 1 aromatic heterocycles. The Bertz CT molecular complexity index is 601. The number of aromatic nitrogens is 2. The van der Waals surface area contributed by atoms with Crippen molar-refractivity contribution in [1.29, 1.82) is 0 Å². The summed E-state index contributed by atoms with van der Waals surface area (Å²) in [5.41, 5.74) is 1.51. The molecule has 0 unspecified atom stereocenters. The fourth-order valence-electron chi connectivity index (χ4n) is 1.61. The third-order valence-electron chi connectivity index (χ3n) is 2.50. The summed E-state index contributed by atoms with van der Waals surface area (Å²) in [4.78, 5) is 12.0. The van der Waals surface area contributed by atoms with Gasteiger partial charge in [0.1, 0.15) is 4.47 Å². The Kier molecular flexibility index (Phi) is 3.45. The van der Waals surface area contributed by atoms with Gasteiger partial charge in [-0.3, -0.25) is 9.89 Å². The van der Waals surface area contributed by atoms with Crippen LogP contribution in [-0.2, 0) is 0 Å². The Hall–Kier alpha value is -1.00. The first kappa shape index (κ1) is 12.5. The monoisotopic (exact) mass is 314 g/mol. The van der Waals surface area contributed by atoms with Crippen LogP contribution in [0.2, 0.25) is 5.02 Å². The van der Waals surface area contributed by atoms with Gasteiger partial charge in [0.2, 0.25) is 0 Å². The highest BCUT2D eigenvalue weighted by atomic mass is 79.9. The summed E-state index contributed by atoms with van der Waals surface area (Å²) in [6.45, 7) is 4.05. The molecule has 0 radical (unpaired) electrons. The molecule has 0 saturated carbocycles. The maximum atomic E-state index is 12.0. The number of rotatable bonds is 2. The molecule has 1 heterocycles. The second kappa shape index (κ2) is 4.70. The Balaban J connectivity index is 2.61. The van der Waals surface area contributed by atoms with Gasteiger partial charge in [0.15, 0.2) is 0 Å². The van der Waals surface area contributed by atoms with E-state index in [9.17, 15) is 4.79 Å². The summed E-state index contributed by atoms with van der Waals surface area (Å²) in [6, 6.07) is 7.17. The molecule has 1 N–H and O–H groups in total. The molecule has 0 spiro atoms. The van der Waals surface area contributed by atoms with Crippen LogP contribution in [0.3, 0.4) is 0 Å². The van der Waals surface area contributed by atoms with Gasteiger partial charge in [-0.1, -0.05) is 31.5 Å². The number of halogens is 2. The van der Waals surface area contributed by atoms with E-state index in [-0.39, 0.29) is 11.5 Å². The van der Waals surface area contributed by atoms with Crippen LogP contribution in [0.1, 0.15) is 25.5 Å². The van der Waals surface area contributed by atoms with Gasteiger partial charge in [-0.2, -0.15) is 0 Å². The highest BCUT2D eigenvalue weighted by Crippen LogP contribution is 2.21. The minimum Gasteiger partial charge on any atom is -0.294 e. The maximum absolute atomic E-state index is 12.0. The smallest absolute Gasteiger partial charge is 0.285 e. The molecule has 0 aliphatic rings. The van der Waals surface area contributed by atoms with Crippen molar-refractivity contribution in [2.75, 3.05) is 0 Å². The van der Waals surface area contributed by atoms with Crippen molar-refractivity contribution in [3.8, 4) is 5.69 Å². The molecule has 0 aliphatic heterocycles. The highest BCUT2D eigenvalue weighted by molar-refractivity contribution is 9.10. The Morgan fingerprint density at radius 1 is 1.41 bits per heavy atom. The average Bonchev–Trinajstić information content (AvgIpc) is 2.56. The number of hydrogen-bond acceptors (Lipinski definition) is 1. The minimum absolute atomic E-state index is 0.101. The van der Waals surface area contributed by atoms with E-state index in [1.807, 2.05) is 26.0 Å². The lowest BCUT2D eigenvalue weighted by molar-refractivity contribution is 0.759. The van der Waals surface area contributed by atoms with Gasteiger partial charge in [0, 0.05) is 5.02 Å². The number of aromatic amines is 1.